The van der Waals surface area contributed by atoms with E-state index in [4.69, 9.17) is 27.9 Å². The van der Waals surface area contributed by atoms with Gasteiger partial charge in [-0.1, -0.05) is 65.7 Å². The van der Waals surface area contributed by atoms with Crippen molar-refractivity contribution in [2.75, 3.05) is 18.7 Å². The first-order valence-corrected chi connectivity index (χ1v) is 11.4. The minimum atomic E-state index is -3.60. The van der Waals surface area contributed by atoms with Gasteiger partial charge in [-0.05, 0) is 22.8 Å². The third-order valence-corrected chi connectivity index (χ3v) is 6.40. The van der Waals surface area contributed by atoms with Gasteiger partial charge in [0, 0.05) is 19.0 Å². The lowest BCUT2D eigenvalue weighted by atomic mass is 9.99. The molecule has 0 aliphatic carbocycles. The summed E-state index contributed by atoms with van der Waals surface area (Å²) in [6.45, 7) is 0.358. The van der Waals surface area contributed by atoms with Crippen LogP contribution in [0.25, 0.3) is 11.1 Å². The highest BCUT2D eigenvalue weighted by Gasteiger charge is 2.20. The van der Waals surface area contributed by atoms with E-state index < -0.39 is 15.8 Å². The molecule has 0 aliphatic heterocycles. The number of carbonyl (C=O) groups excluding carboxylic acids is 1. The number of carbonyl (C=O) groups is 1. The lowest BCUT2D eigenvalue weighted by Gasteiger charge is -2.12. The van der Waals surface area contributed by atoms with E-state index in [0.29, 0.717) is 12.1 Å². The summed E-state index contributed by atoms with van der Waals surface area (Å²) in [6, 6.07) is 14.7. The van der Waals surface area contributed by atoms with E-state index in [1.807, 2.05) is 36.4 Å². The largest absolute Gasteiger partial charge is 0.465 e. The summed E-state index contributed by atoms with van der Waals surface area (Å²) in [5.41, 5.74) is 3.02. The summed E-state index contributed by atoms with van der Waals surface area (Å²) in [6.07, 6.45) is 2.29. The highest BCUT2D eigenvalue weighted by Crippen LogP contribution is 2.33. The van der Waals surface area contributed by atoms with Crippen molar-refractivity contribution in [3.8, 4) is 11.1 Å². The number of halogens is 2. The molecule has 1 N–H and O–H groups in total. The number of rotatable bonds is 6. The fourth-order valence-electron chi connectivity index (χ4n) is 2.92. The number of nitrogens with zero attached hydrogens (tertiary/aromatic N) is 1. The third kappa shape index (κ3) is 4.75. The maximum Gasteiger partial charge on any atom is 0.338 e. The molecule has 9 heteroatoms. The number of aromatic nitrogens is 1. The van der Waals surface area contributed by atoms with Crippen molar-refractivity contribution in [1.29, 1.82) is 0 Å². The number of benzene rings is 2. The Morgan fingerprint density at radius 1 is 1.10 bits per heavy atom. The van der Waals surface area contributed by atoms with E-state index in [9.17, 15) is 13.2 Å². The smallest absolute Gasteiger partial charge is 0.338 e. The molecule has 156 valence electrons. The topological polar surface area (TPSA) is 85.4 Å². The summed E-state index contributed by atoms with van der Waals surface area (Å²) >= 11 is 12.1. The zero-order chi connectivity index (χ0) is 21.9. The number of pyridine rings is 1. The van der Waals surface area contributed by atoms with Crippen molar-refractivity contribution < 1.29 is 17.9 Å². The Hall–Kier alpha value is -2.61. The van der Waals surface area contributed by atoms with Gasteiger partial charge in [0.15, 0.2) is 9.84 Å². The zero-order valence-electron chi connectivity index (χ0n) is 16.1. The van der Waals surface area contributed by atoms with Crippen molar-refractivity contribution >= 4 is 44.8 Å². The van der Waals surface area contributed by atoms with Crippen LogP contribution < -0.4 is 5.32 Å². The first kappa shape index (κ1) is 22.1. The molecule has 0 spiro atoms. The zero-order valence-corrected chi connectivity index (χ0v) is 18.5. The standard InChI is InChI=1S/C21H18Cl2N2O4S/c1-29-21(26)16-6-4-3-5-15(16)14-9-7-13(8-10-14)11-24-20-18(23)19(30(2,27)28)17(22)12-25-20/h3-10,12H,11H2,1-2H3,(H,24,25). The maximum absolute atomic E-state index is 12.0. The third-order valence-electron chi connectivity index (χ3n) is 4.36. The fraction of sp³-hybridized carbons (Fsp3) is 0.143. The van der Waals surface area contributed by atoms with Crippen LogP contribution in [0.2, 0.25) is 10.0 Å². The molecule has 3 aromatic rings. The van der Waals surface area contributed by atoms with Gasteiger partial charge in [-0.25, -0.2) is 18.2 Å². The van der Waals surface area contributed by atoms with Crippen molar-refractivity contribution in [1.82, 2.24) is 4.98 Å². The number of esters is 1. The normalized spacial score (nSPS) is 11.2. The Labute approximate surface area is 184 Å². The minimum absolute atomic E-state index is 0.0262. The second kappa shape index (κ2) is 9.04. The van der Waals surface area contributed by atoms with Crippen LogP contribution in [0.4, 0.5) is 5.82 Å². The predicted molar refractivity (Wildman–Crippen MR) is 118 cm³/mol. The molecule has 1 heterocycles. The van der Waals surface area contributed by atoms with Gasteiger partial charge in [0.2, 0.25) is 0 Å². The second-order valence-corrected chi connectivity index (χ2v) is 9.20. The van der Waals surface area contributed by atoms with Crippen LogP contribution >= 0.6 is 23.2 Å². The Kier molecular flexibility index (Phi) is 6.65. The molecule has 1 aromatic heterocycles. The highest BCUT2D eigenvalue weighted by molar-refractivity contribution is 7.91. The number of sulfone groups is 1. The van der Waals surface area contributed by atoms with Gasteiger partial charge in [-0.2, -0.15) is 0 Å². The SMILES string of the molecule is COC(=O)c1ccccc1-c1ccc(CNc2ncc(Cl)c(S(C)(=O)=O)c2Cl)cc1. The van der Waals surface area contributed by atoms with Crippen molar-refractivity contribution in [3.05, 3.63) is 75.9 Å². The summed E-state index contributed by atoms with van der Waals surface area (Å²) in [5, 5.41) is 2.95. The molecular weight excluding hydrogens is 447 g/mol. The Balaban J connectivity index is 1.81. The van der Waals surface area contributed by atoms with E-state index in [-0.39, 0.29) is 20.8 Å². The quantitative estimate of drug-likeness (QED) is 0.524. The van der Waals surface area contributed by atoms with E-state index in [0.717, 1.165) is 22.9 Å². The first-order chi connectivity index (χ1) is 14.2. The van der Waals surface area contributed by atoms with Crippen LogP contribution in [0.1, 0.15) is 15.9 Å². The second-order valence-electron chi connectivity index (χ2n) is 6.46. The van der Waals surface area contributed by atoms with Crippen molar-refractivity contribution in [2.45, 2.75) is 11.4 Å². The molecule has 0 aliphatic rings. The number of hydrogen-bond donors (Lipinski definition) is 1. The first-order valence-electron chi connectivity index (χ1n) is 8.77. The monoisotopic (exact) mass is 464 g/mol. The Bertz CT molecular complexity index is 1200. The average molecular weight is 465 g/mol. The van der Waals surface area contributed by atoms with Gasteiger partial charge in [0.05, 0.1) is 17.7 Å². The lowest BCUT2D eigenvalue weighted by molar-refractivity contribution is 0.0601. The summed E-state index contributed by atoms with van der Waals surface area (Å²) in [7, 11) is -2.25. The molecule has 3 rings (SSSR count). The fourth-order valence-corrected chi connectivity index (χ4v) is 5.00. The van der Waals surface area contributed by atoms with Gasteiger partial charge in [0.1, 0.15) is 15.7 Å². The Morgan fingerprint density at radius 2 is 1.77 bits per heavy atom. The molecule has 0 saturated heterocycles. The van der Waals surface area contributed by atoms with Crippen LogP contribution in [0.3, 0.4) is 0 Å². The number of methoxy groups -OCH3 is 1. The van der Waals surface area contributed by atoms with Gasteiger partial charge >= 0.3 is 5.97 Å². The van der Waals surface area contributed by atoms with E-state index in [2.05, 4.69) is 10.3 Å². The van der Waals surface area contributed by atoms with Gasteiger partial charge < -0.3 is 10.1 Å². The van der Waals surface area contributed by atoms with Gasteiger partial charge in [-0.3, -0.25) is 0 Å². The van der Waals surface area contributed by atoms with Crippen LogP contribution in [0.15, 0.2) is 59.6 Å². The molecule has 0 radical (unpaired) electrons. The minimum Gasteiger partial charge on any atom is -0.465 e. The molecule has 30 heavy (non-hydrogen) atoms. The van der Waals surface area contributed by atoms with Crippen LogP contribution in [0, 0.1) is 0 Å². The molecule has 0 unspecified atom stereocenters. The van der Waals surface area contributed by atoms with Gasteiger partial charge in [0.25, 0.3) is 0 Å². The number of ether oxygens (including phenoxy) is 1. The van der Waals surface area contributed by atoms with Crippen molar-refractivity contribution in [3.63, 3.8) is 0 Å². The number of hydrogen-bond acceptors (Lipinski definition) is 6. The summed E-state index contributed by atoms with van der Waals surface area (Å²) < 4.78 is 28.7. The molecular formula is C21H18Cl2N2O4S. The highest BCUT2D eigenvalue weighted by atomic mass is 35.5. The molecule has 6 nitrogen and oxygen atoms in total. The molecule has 2 aromatic carbocycles. The van der Waals surface area contributed by atoms with Crippen LogP contribution in [-0.2, 0) is 21.1 Å². The van der Waals surface area contributed by atoms with E-state index in [1.54, 1.807) is 12.1 Å². The Morgan fingerprint density at radius 3 is 2.40 bits per heavy atom. The van der Waals surface area contributed by atoms with Crippen LogP contribution in [0.5, 0.6) is 0 Å². The summed E-state index contributed by atoms with van der Waals surface area (Å²) in [4.78, 5) is 15.9. The van der Waals surface area contributed by atoms with Crippen LogP contribution in [-0.4, -0.2) is 32.7 Å². The molecule has 0 atom stereocenters. The molecule has 0 fully saturated rings. The molecule has 0 saturated carbocycles. The number of anilines is 1. The van der Waals surface area contributed by atoms with Crippen molar-refractivity contribution in [2.24, 2.45) is 0 Å². The summed E-state index contributed by atoms with van der Waals surface area (Å²) in [5.74, 6) is -0.178. The van der Waals surface area contributed by atoms with E-state index in [1.165, 1.54) is 13.3 Å². The maximum atomic E-state index is 12.0. The average Bonchev–Trinajstić information content (AvgIpc) is 2.72. The van der Waals surface area contributed by atoms with Gasteiger partial charge in [-0.15, -0.1) is 0 Å². The number of nitrogens with one attached hydrogen (secondary N) is 1. The van der Waals surface area contributed by atoms with E-state index >= 15 is 0 Å². The molecule has 0 amide bonds. The molecule has 0 bridgehead atoms. The predicted octanol–water partition coefficient (Wildman–Crippen LogP) is 4.86. The lowest BCUT2D eigenvalue weighted by Crippen LogP contribution is -2.06.